The molecule has 2 aliphatic rings. The van der Waals surface area contributed by atoms with Gasteiger partial charge in [-0.3, -0.25) is 9.89 Å². The van der Waals surface area contributed by atoms with Crippen LogP contribution in [0.1, 0.15) is 34.1 Å². The van der Waals surface area contributed by atoms with Crippen LogP contribution in [-0.4, -0.2) is 93.2 Å². The zero-order chi connectivity index (χ0) is 18.5. The van der Waals surface area contributed by atoms with Crippen LogP contribution < -0.4 is 5.32 Å². The Labute approximate surface area is 175 Å². The highest BCUT2D eigenvalue weighted by Gasteiger charge is 2.31. The first-order valence-corrected chi connectivity index (χ1v) is 11.0. The molecule has 2 fully saturated rings. The van der Waals surface area contributed by atoms with Crippen LogP contribution >= 0.6 is 24.0 Å². The monoisotopic (exact) mass is 502 g/mol. The summed E-state index contributed by atoms with van der Waals surface area (Å²) in [5, 5.41) is 3.31. The number of aliphatic imine (C=N–C) groups is 1. The van der Waals surface area contributed by atoms with Gasteiger partial charge in [-0.15, -0.1) is 24.0 Å². The van der Waals surface area contributed by atoms with E-state index in [0.717, 1.165) is 58.3 Å². The first kappa shape index (κ1) is 23.9. The van der Waals surface area contributed by atoms with E-state index in [2.05, 4.69) is 20.1 Å². The van der Waals surface area contributed by atoms with Crippen molar-refractivity contribution >= 4 is 39.8 Å². The van der Waals surface area contributed by atoms with Gasteiger partial charge in [0, 0.05) is 38.8 Å². The topological polar surface area (TPSA) is 74.2 Å². The van der Waals surface area contributed by atoms with Crippen LogP contribution in [0, 0.1) is 0 Å². The van der Waals surface area contributed by atoms with Gasteiger partial charge in [0.25, 0.3) is 0 Å². The second-order valence-corrected chi connectivity index (χ2v) is 10.6. The van der Waals surface area contributed by atoms with Gasteiger partial charge in [0.1, 0.15) is 0 Å². The second-order valence-electron chi connectivity index (χ2n) is 7.70. The molecule has 0 saturated carbocycles. The van der Waals surface area contributed by atoms with Crippen molar-refractivity contribution in [1.29, 1.82) is 0 Å². The zero-order valence-electron chi connectivity index (χ0n) is 16.5. The number of hydrogen-bond donors (Lipinski definition) is 1. The van der Waals surface area contributed by atoms with E-state index in [0.29, 0.717) is 12.6 Å². The van der Waals surface area contributed by atoms with E-state index in [1.54, 1.807) is 20.8 Å². The van der Waals surface area contributed by atoms with Gasteiger partial charge in [-0.05, 0) is 34.1 Å². The minimum atomic E-state index is -3.14. The van der Waals surface area contributed by atoms with Crippen LogP contribution in [0.3, 0.4) is 0 Å². The Morgan fingerprint density at radius 2 is 1.88 bits per heavy atom. The molecule has 9 heteroatoms. The maximum absolute atomic E-state index is 12.2. The second kappa shape index (κ2) is 10.4. The number of nitrogens with zero attached hydrogens (tertiary/aromatic N) is 3. The van der Waals surface area contributed by atoms with Crippen LogP contribution in [0.5, 0.6) is 0 Å². The van der Waals surface area contributed by atoms with Gasteiger partial charge in [-0.2, -0.15) is 0 Å². The Bertz CT molecular complexity index is 557. The molecule has 0 bridgehead atoms. The molecule has 1 atom stereocenters. The van der Waals surface area contributed by atoms with Crippen molar-refractivity contribution in [2.45, 2.75) is 44.9 Å². The van der Waals surface area contributed by atoms with E-state index in [1.807, 2.05) is 6.92 Å². The number of ether oxygens (including phenoxy) is 1. The summed E-state index contributed by atoms with van der Waals surface area (Å²) in [4.78, 5) is 9.34. The summed E-state index contributed by atoms with van der Waals surface area (Å²) in [6.45, 7) is 13.9. The smallest absolute Gasteiger partial charge is 0.193 e. The van der Waals surface area contributed by atoms with Gasteiger partial charge < -0.3 is 15.0 Å². The van der Waals surface area contributed by atoms with Crippen molar-refractivity contribution in [3.63, 3.8) is 0 Å². The van der Waals surface area contributed by atoms with Gasteiger partial charge in [-0.25, -0.2) is 8.42 Å². The van der Waals surface area contributed by atoms with E-state index in [-0.39, 0.29) is 29.7 Å². The van der Waals surface area contributed by atoms with E-state index < -0.39 is 14.6 Å². The molecular formula is C17H35IN4O3S. The molecule has 7 nitrogen and oxygen atoms in total. The predicted octanol–water partition coefficient (Wildman–Crippen LogP) is 1.19. The van der Waals surface area contributed by atoms with Crippen molar-refractivity contribution < 1.29 is 13.2 Å². The molecule has 0 aromatic carbocycles. The van der Waals surface area contributed by atoms with Crippen molar-refractivity contribution in [3.05, 3.63) is 0 Å². The number of likely N-dealkylation sites (tertiary alicyclic amines) is 1. The maximum Gasteiger partial charge on any atom is 0.193 e. The highest BCUT2D eigenvalue weighted by Crippen LogP contribution is 2.18. The Kier molecular flexibility index (Phi) is 9.59. The Morgan fingerprint density at radius 3 is 2.46 bits per heavy atom. The molecule has 1 unspecified atom stereocenters. The summed E-state index contributed by atoms with van der Waals surface area (Å²) < 4.78 is 29.2. The Hall–Kier alpha value is -0.130. The van der Waals surface area contributed by atoms with Gasteiger partial charge in [0.15, 0.2) is 15.8 Å². The lowest BCUT2D eigenvalue weighted by Crippen LogP contribution is -2.46. The molecule has 2 heterocycles. The number of sulfone groups is 1. The molecule has 1 N–H and O–H groups in total. The lowest BCUT2D eigenvalue weighted by atomic mass is 10.2. The molecule has 0 aromatic heterocycles. The molecule has 0 aromatic rings. The summed E-state index contributed by atoms with van der Waals surface area (Å²) in [7, 11) is -3.14. The molecule has 0 aliphatic carbocycles. The van der Waals surface area contributed by atoms with Crippen LogP contribution in [0.4, 0.5) is 0 Å². The normalized spacial score (nSPS) is 23.0. The van der Waals surface area contributed by atoms with Gasteiger partial charge in [0.2, 0.25) is 0 Å². The zero-order valence-corrected chi connectivity index (χ0v) is 19.7. The van der Waals surface area contributed by atoms with Gasteiger partial charge in [0.05, 0.1) is 30.3 Å². The molecule has 2 rings (SSSR count). The minimum absolute atomic E-state index is 0. The first-order valence-electron chi connectivity index (χ1n) is 9.32. The van der Waals surface area contributed by atoms with Crippen molar-refractivity contribution in [2.24, 2.45) is 4.99 Å². The number of rotatable bonds is 5. The standard InChI is InChI=1S/C17H34N4O3S.HI/c1-5-18-16(19-7-13-25(22,23)17(2,3)4)21-8-6-15(14-21)20-9-11-24-12-10-20;/h15H,5-14H2,1-4H3,(H,18,19);1H. The molecule has 26 heavy (non-hydrogen) atoms. The Balaban J connectivity index is 0.00000338. The third-order valence-electron chi connectivity index (χ3n) is 4.91. The van der Waals surface area contributed by atoms with Crippen molar-refractivity contribution in [1.82, 2.24) is 15.1 Å². The maximum atomic E-state index is 12.2. The van der Waals surface area contributed by atoms with E-state index >= 15 is 0 Å². The highest BCUT2D eigenvalue weighted by atomic mass is 127. The van der Waals surface area contributed by atoms with Crippen LogP contribution in [0.15, 0.2) is 4.99 Å². The largest absolute Gasteiger partial charge is 0.379 e. The fourth-order valence-electron chi connectivity index (χ4n) is 3.18. The Morgan fingerprint density at radius 1 is 1.23 bits per heavy atom. The molecule has 154 valence electrons. The number of guanidine groups is 1. The lowest BCUT2D eigenvalue weighted by Gasteiger charge is -2.32. The fourth-order valence-corrected chi connectivity index (χ4v) is 4.12. The quantitative estimate of drug-likeness (QED) is 0.346. The molecule has 2 aliphatic heterocycles. The van der Waals surface area contributed by atoms with E-state index in [4.69, 9.17) is 4.74 Å². The molecular weight excluding hydrogens is 467 g/mol. The summed E-state index contributed by atoms with van der Waals surface area (Å²) in [6.07, 6.45) is 1.12. The average molecular weight is 502 g/mol. The average Bonchev–Trinajstić information content (AvgIpc) is 3.03. The summed E-state index contributed by atoms with van der Waals surface area (Å²) in [5.41, 5.74) is 0. The third kappa shape index (κ3) is 6.49. The number of hydrogen-bond acceptors (Lipinski definition) is 5. The lowest BCUT2D eigenvalue weighted by molar-refractivity contribution is 0.0195. The molecule has 0 spiro atoms. The number of nitrogens with one attached hydrogen (secondary N) is 1. The minimum Gasteiger partial charge on any atom is -0.379 e. The van der Waals surface area contributed by atoms with Crippen molar-refractivity contribution in [2.75, 3.05) is 58.2 Å². The third-order valence-corrected chi connectivity index (χ3v) is 7.50. The number of morpholine rings is 1. The fraction of sp³-hybridized carbons (Fsp3) is 0.941. The van der Waals surface area contributed by atoms with E-state index in [1.165, 1.54) is 0 Å². The summed E-state index contributed by atoms with van der Waals surface area (Å²) in [5.74, 6) is 0.925. The van der Waals surface area contributed by atoms with Crippen molar-refractivity contribution in [3.8, 4) is 0 Å². The predicted molar refractivity (Wildman–Crippen MR) is 117 cm³/mol. The first-order chi connectivity index (χ1) is 11.7. The van der Waals surface area contributed by atoms with Gasteiger partial charge >= 0.3 is 0 Å². The molecule has 0 radical (unpaired) electrons. The van der Waals surface area contributed by atoms with Crippen LogP contribution in [0.2, 0.25) is 0 Å². The number of halogens is 1. The van der Waals surface area contributed by atoms with Crippen LogP contribution in [0.25, 0.3) is 0 Å². The SMILES string of the molecule is CCNC(=NCCS(=O)(=O)C(C)(C)C)N1CCC(N2CCOCC2)C1.I. The molecule has 0 amide bonds. The van der Waals surface area contributed by atoms with E-state index in [9.17, 15) is 8.42 Å². The summed E-state index contributed by atoms with van der Waals surface area (Å²) >= 11 is 0. The highest BCUT2D eigenvalue weighted by molar-refractivity contribution is 14.0. The molecule has 2 saturated heterocycles. The van der Waals surface area contributed by atoms with Gasteiger partial charge in [-0.1, -0.05) is 0 Å². The summed E-state index contributed by atoms with van der Waals surface area (Å²) in [6, 6.07) is 0.533. The van der Waals surface area contributed by atoms with Crippen LogP contribution in [-0.2, 0) is 14.6 Å².